The summed E-state index contributed by atoms with van der Waals surface area (Å²) in [6.45, 7) is 2.35. The molecule has 1 fully saturated rings. The Kier molecular flexibility index (Phi) is 4.68. The van der Waals surface area contributed by atoms with Crippen LogP contribution in [0.15, 0.2) is 36.5 Å². The first-order valence-electron chi connectivity index (χ1n) is 9.28. The number of carbonyl (C=O) groups excluding carboxylic acids is 1. The molecule has 0 radical (unpaired) electrons. The Morgan fingerprint density at radius 1 is 1.16 bits per heavy atom. The lowest BCUT2D eigenvalue weighted by Gasteiger charge is -2.32. The topological polar surface area (TPSA) is 62.5 Å². The number of nitrogens with zero attached hydrogens (tertiary/aromatic N) is 4. The Hall–Kier alpha value is -2.37. The molecule has 1 unspecified atom stereocenters. The van der Waals surface area contributed by atoms with Crippen LogP contribution in [-0.4, -0.2) is 45.2 Å². The summed E-state index contributed by atoms with van der Waals surface area (Å²) in [6.07, 6.45) is 11.8. The molecule has 0 bridgehead atoms. The Morgan fingerprint density at radius 3 is 2.84 bits per heavy atom. The number of nitrogens with one attached hydrogen (secondary N) is 1. The molecule has 1 saturated heterocycles. The fourth-order valence-corrected chi connectivity index (χ4v) is 3.86. The molecule has 6 heteroatoms. The molecule has 132 valence electrons. The van der Waals surface area contributed by atoms with Crippen molar-refractivity contribution in [3.8, 4) is 0 Å². The first-order chi connectivity index (χ1) is 12.3. The summed E-state index contributed by atoms with van der Waals surface area (Å²) in [6, 6.07) is 6.03. The Labute approximate surface area is 147 Å². The first kappa shape index (κ1) is 16.1. The summed E-state index contributed by atoms with van der Waals surface area (Å²) in [5.74, 6) is 1.98. The summed E-state index contributed by atoms with van der Waals surface area (Å²) >= 11 is 0. The third-order valence-electron chi connectivity index (χ3n) is 5.41. The minimum atomic E-state index is 0.0825. The molecule has 2 aromatic heterocycles. The molecule has 1 aliphatic carbocycles. The van der Waals surface area contributed by atoms with Gasteiger partial charge in [0.25, 0.3) is 0 Å². The van der Waals surface area contributed by atoms with Gasteiger partial charge in [-0.3, -0.25) is 4.40 Å². The van der Waals surface area contributed by atoms with E-state index < -0.39 is 0 Å². The van der Waals surface area contributed by atoms with Gasteiger partial charge in [-0.1, -0.05) is 18.2 Å². The lowest BCUT2D eigenvalue weighted by molar-refractivity contribution is 0.178. The molecule has 1 aliphatic heterocycles. The number of piperidine rings is 1. The maximum atomic E-state index is 12.4. The fraction of sp³-hybridized carbons (Fsp3) is 0.526. The Bertz CT molecular complexity index is 760. The first-order valence-corrected chi connectivity index (χ1v) is 9.28. The zero-order chi connectivity index (χ0) is 17.1. The van der Waals surface area contributed by atoms with Crippen LogP contribution >= 0.6 is 0 Å². The van der Waals surface area contributed by atoms with E-state index in [2.05, 4.69) is 32.1 Å². The average molecular weight is 339 g/mol. The molecule has 1 N–H and O–H groups in total. The summed E-state index contributed by atoms with van der Waals surface area (Å²) in [5, 5.41) is 11.7. The van der Waals surface area contributed by atoms with Gasteiger partial charge in [-0.25, -0.2) is 4.79 Å². The highest BCUT2D eigenvalue weighted by Gasteiger charge is 2.27. The number of hydrogen-bond acceptors (Lipinski definition) is 3. The quantitative estimate of drug-likeness (QED) is 0.875. The van der Waals surface area contributed by atoms with Gasteiger partial charge in [-0.05, 0) is 50.2 Å². The molecular formula is C19H25N5O. The maximum Gasteiger partial charge on any atom is 0.317 e. The van der Waals surface area contributed by atoms with Crippen molar-refractivity contribution in [2.45, 2.75) is 38.0 Å². The largest absolute Gasteiger partial charge is 0.338 e. The van der Waals surface area contributed by atoms with Gasteiger partial charge in [0.2, 0.25) is 0 Å². The number of aromatic nitrogens is 3. The van der Waals surface area contributed by atoms with Crippen LogP contribution in [0, 0.1) is 5.92 Å². The summed E-state index contributed by atoms with van der Waals surface area (Å²) < 4.78 is 2.07. The van der Waals surface area contributed by atoms with Gasteiger partial charge in [-0.15, -0.1) is 10.2 Å². The number of pyridine rings is 1. The number of hydrogen-bond donors (Lipinski definition) is 1. The second kappa shape index (κ2) is 7.25. The molecule has 1 atom stereocenters. The van der Waals surface area contributed by atoms with Gasteiger partial charge in [0.1, 0.15) is 5.82 Å². The smallest absolute Gasteiger partial charge is 0.317 e. The molecule has 2 aromatic rings. The van der Waals surface area contributed by atoms with Crippen molar-refractivity contribution >= 4 is 11.7 Å². The van der Waals surface area contributed by atoms with Gasteiger partial charge >= 0.3 is 6.03 Å². The van der Waals surface area contributed by atoms with Crippen molar-refractivity contribution in [3.63, 3.8) is 0 Å². The fourth-order valence-electron chi connectivity index (χ4n) is 3.86. The van der Waals surface area contributed by atoms with Crippen LogP contribution in [0.5, 0.6) is 0 Å². The van der Waals surface area contributed by atoms with Crippen molar-refractivity contribution < 1.29 is 4.79 Å². The molecule has 0 spiro atoms. The number of allylic oxidation sites excluding steroid dienone is 2. The highest BCUT2D eigenvalue weighted by Crippen LogP contribution is 2.27. The van der Waals surface area contributed by atoms with Crippen molar-refractivity contribution in [1.82, 2.24) is 24.8 Å². The van der Waals surface area contributed by atoms with Gasteiger partial charge < -0.3 is 10.2 Å². The molecule has 6 nitrogen and oxygen atoms in total. The number of rotatable bonds is 3. The summed E-state index contributed by atoms with van der Waals surface area (Å²) in [7, 11) is 0. The SMILES string of the molecule is O=C(NCC1CC=CCC1)N1CCC(c2nnc3ccccn23)CC1. The highest BCUT2D eigenvalue weighted by atomic mass is 16.2. The second-order valence-corrected chi connectivity index (χ2v) is 7.08. The molecule has 25 heavy (non-hydrogen) atoms. The highest BCUT2D eigenvalue weighted by molar-refractivity contribution is 5.74. The molecule has 0 aromatic carbocycles. The predicted octanol–water partition coefficient (Wildman–Crippen LogP) is 2.97. The molecule has 2 amide bonds. The van der Waals surface area contributed by atoms with E-state index in [-0.39, 0.29) is 6.03 Å². The number of carbonyl (C=O) groups is 1. The average Bonchev–Trinajstić information content (AvgIpc) is 3.11. The van der Waals surface area contributed by atoms with Crippen LogP contribution in [0.2, 0.25) is 0 Å². The number of likely N-dealkylation sites (tertiary alicyclic amines) is 1. The number of fused-ring (bicyclic) bond motifs is 1. The van der Waals surface area contributed by atoms with Crippen molar-refractivity contribution in [3.05, 3.63) is 42.4 Å². The summed E-state index contributed by atoms with van der Waals surface area (Å²) in [5.41, 5.74) is 0.888. The van der Waals surface area contributed by atoms with Crippen LogP contribution in [0.1, 0.15) is 43.8 Å². The number of urea groups is 1. The standard InChI is InChI=1S/C19H25N5O/c25-19(20-14-15-6-2-1-3-7-15)23-12-9-16(10-13-23)18-22-21-17-8-4-5-11-24(17)18/h1-2,4-5,8,11,15-16H,3,6-7,9-10,12-14H2,(H,20,25). The third-order valence-corrected chi connectivity index (χ3v) is 5.41. The van der Waals surface area contributed by atoms with Crippen LogP contribution in [0.3, 0.4) is 0 Å². The molecule has 0 saturated carbocycles. The minimum Gasteiger partial charge on any atom is -0.338 e. The normalized spacial score (nSPS) is 21.6. The minimum absolute atomic E-state index is 0.0825. The Morgan fingerprint density at radius 2 is 2.04 bits per heavy atom. The zero-order valence-electron chi connectivity index (χ0n) is 14.5. The molecule has 2 aliphatic rings. The lowest BCUT2D eigenvalue weighted by Crippen LogP contribution is -2.45. The van der Waals surface area contributed by atoms with Crippen molar-refractivity contribution in [2.24, 2.45) is 5.92 Å². The molecular weight excluding hydrogens is 314 g/mol. The second-order valence-electron chi connectivity index (χ2n) is 7.08. The van der Waals surface area contributed by atoms with E-state index >= 15 is 0 Å². The van der Waals surface area contributed by atoms with E-state index in [4.69, 9.17) is 0 Å². The van der Waals surface area contributed by atoms with E-state index in [1.807, 2.05) is 29.3 Å². The maximum absolute atomic E-state index is 12.4. The molecule has 3 heterocycles. The van der Waals surface area contributed by atoms with E-state index in [0.717, 1.165) is 56.8 Å². The zero-order valence-corrected chi connectivity index (χ0v) is 14.5. The van der Waals surface area contributed by atoms with Crippen molar-refractivity contribution in [2.75, 3.05) is 19.6 Å². The third kappa shape index (κ3) is 3.52. The van der Waals surface area contributed by atoms with Gasteiger partial charge in [0.05, 0.1) is 0 Å². The lowest BCUT2D eigenvalue weighted by atomic mass is 9.94. The van der Waals surface area contributed by atoms with E-state index in [1.165, 1.54) is 6.42 Å². The van der Waals surface area contributed by atoms with Crippen LogP contribution in [-0.2, 0) is 0 Å². The summed E-state index contributed by atoms with van der Waals surface area (Å²) in [4.78, 5) is 14.4. The predicted molar refractivity (Wildman–Crippen MR) is 96.4 cm³/mol. The van der Waals surface area contributed by atoms with Crippen LogP contribution in [0.25, 0.3) is 5.65 Å². The van der Waals surface area contributed by atoms with E-state index in [1.54, 1.807) is 0 Å². The monoisotopic (exact) mass is 339 g/mol. The van der Waals surface area contributed by atoms with Gasteiger partial charge in [0.15, 0.2) is 5.65 Å². The Balaban J connectivity index is 1.30. The molecule has 4 rings (SSSR count). The van der Waals surface area contributed by atoms with E-state index in [0.29, 0.717) is 11.8 Å². The van der Waals surface area contributed by atoms with Gasteiger partial charge in [0, 0.05) is 31.7 Å². The number of amides is 2. The van der Waals surface area contributed by atoms with E-state index in [9.17, 15) is 4.79 Å². The van der Waals surface area contributed by atoms with Crippen molar-refractivity contribution in [1.29, 1.82) is 0 Å². The van der Waals surface area contributed by atoms with Gasteiger partial charge in [-0.2, -0.15) is 0 Å². The van der Waals surface area contributed by atoms with Crippen LogP contribution in [0.4, 0.5) is 4.79 Å². The van der Waals surface area contributed by atoms with Crippen LogP contribution < -0.4 is 5.32 Å².